The smallest absolute Gasteiger partial charge is 0.251 e. The summed E-state index contributed by atoms with van der Waals surface area (Å²) in [6, 6.07) is 9.95. The van der Waals surface area contributed by atoms with Crippen LogP contribution in [0, 0.1) is 19.8 Å². The van der Waals surface area contributed by atoms with E-state index in [0.29, 0.717) is 32.5 Å². The Kier molecular flexibility index (Phi) is 9.86. The molecule has 0 aliphatic carbocycles. The summed E-state index contributed by atoms with van der Waals surface area (Å²) in [5.41, 5.74) is 5.53. The highest BCUT2D eigenvalue weighted by Crippen LogP contribution is 2.30. The summed E-state index contributed by atoms with van der Waals surface area (Å²) in [5, 5.41) is 3.08. The Hall–Kier alpha value is -3.65. The Morgan fingerprint density at radius 3 is 2.49 bits per heavy atom. The van der Waals surface area contributed by atoms with Crippen LogP contribution < -0.4 is 10.9 Å². The summed E-state index contributed by atoms with van der Waals surface area (Å²) in [4.78, 5) is 45.7. The number of alkyl halides is 1. The summed E-state index contributed by atoms with van der Waals surface area (Å²) in [6.45, 7) is 11.2. The first-order valence-corrected chi connectivity index (χ1v) is 14.4. The molecule has 1 aliphatic rings. The standard InChI is InChI=1S/C33H41FN4O3/c1-21(2)13-30(38-19-25(9-10-31(38)40)18-37-12-11-28(34)20-37)33(41)36-29(14-24(5)39)26-15-27(17-35-16-26)32-22(3)7-6-8-23(32)4/h6-10,15-17,19,21,28-30H,11-14,18,20H2,1-5H3,(H,36,41)/t28-,29+,30+/m1/s1. The van der Waals surface area contributed by atoms with Gasteiger partial charge in [0.2, 0.25) is 5.91 Å². The number of halogens is 1. The number of nitrogens with zero attached hydrogens (tertiary/aromatic N) is 3. The number of carbonyl (C=O) groups is 2. The second-order valence-electron chi connectivity index (χ2n) is 11.8. The molecule has 8 heteroatoms. The van der Waals surface area contributed by atoms with Crippen LogP contribution in [0.25, 0.3) is 11.1 Å². The molecule has 218 valence electrons. The fourth-order valence-corrected chi connectivity index (χ4v) is 5.73. The number of likely N-dealkylation sites (tertiary alicyclic amines) is 1. The SMILES string of the molecule is CC(=O)C[C@H](NC(=O)[C@H](CC(C)C)n1cc(CN2CC[C@@H](F)C2)ccc1=O)c1cncc(-c2c(C)cccc2C)c1. The first-order valence-electron chi connectivity index (χ1n) is 14.4. The molecule has 1 N–H and O–H groups in total. The molecule has 3 heterocycles. The lowest BCUT2D eigenvalue weighted by Gasteiger charge is -2.26. The highest BCUT2D eigenvalue weighted by Gasteiger charge is 2.28. The molecule has 3 aromatic rings. The van der Waals surface area contributed by atoms with E-state index in [1.165, 1.54) is 17.6 Å². The van der Waals surface area contributed by atoms with Crippen LogP contribution in [0.3, 0.4) is 0 Å². The maximum atomic E-state index is 13.9. The molecule has 1 amide bonds. The van der Waals surface area contributed by atoms with E-state index in [1.54, 1.807) is 24.7 Å². The fourth-order valence-electron chi connectivity index (χ4n) is 5.73. The van der Waals surface area contributed by atoms with Crippen LogP contribution in [0.2, 0.25) is 0 Å². The van der Waals surface area contributed by atoms with Crippen LogP contribution in [0.1, 0.15) is 74.4 Å². The average Bonchev–Trinajstić information content (AvgIpc) is 3.32. The van der Waals surface area contributed by atoms with Gasteiger partial charge in [-0.25, -0.2) is 4.39 Å². The van der Waals surface area contributed by atoms with E-state index in [4.69, 9.17) is 0 Å². The first-order chi connectivity index (χ1) is 19.5. The van der Waals surface area contributed by atoms with Gasteiger partial charge in [-0.15, -0.1) is 0 Å². The Morgan fingerprint density at radius 2 is 1.85 bits per heavy atom. The van der Waals surface area contributed by atoms with Crippen LogP contribution in [-0.2, 0) is 16.1 Å². The van der Waals surface area contributed by atoms with Gasteiger partial charge in [0.05, 0.1) is 6.04 Å². The number of hydrogen-bond acceptors (Lipinski definition) is 5. The number of benzene rings is 1. The number of aromatic nitrogens is 2. The second-order valence-corrected chi connectivity index (χ2v) is 11.8. The van der Waals surface area contributed by atoms with Crippen molar-refractivity contribution in [2.45, 2.75) is 78.7 Å². The number of ketones is 1. The van der Waals surface area contributed by atoms with E-state index in [2.05, 4.69) is 10.3 Å². The minimum absolute atomic E-state index is 0.0656. The lowest BCUT2D eigenvalue weighted by Crippen LogP contribution is -2.40. The highest BCUT2D eigenvalue weighted by atomic mass is 19.1. The van der Waals surface area contributed by atoms with Crippen molar-refractivity contribution in [3.05, 3.63) is 87.6 Å². The van der Waals surface area contributed by atoms with Crippen LogP contribution in [0.4, 0.5) is 4.39 Å². The third-order valence-corrected chi connectivity index (χ3v) is 7.69. The molecule has 3 atom stereocenters. The molecule has 1 fully saturated rings. The average molecular weight is 561 g/mol. The third-order valence-electron chi connectivity index (χ3n) is 7.69. The number of nitrogens with one attached hydrogen (secondary N) is 1. The molecule has 7 nitrogen and oxygen atoms in total. The highest BCUT2D eigenvalue weighted by molar-refractivity contribution is 5.83. The number of pyridine rings is 2. The van der Waals surface area contributed by atoms with Gasteiger partial charge in [0.1, 0.15) is 18.0 Å². The summed E-state index contributed by atoms with van der Waals surface area (Å²) in [5.74, 6) is -0.261. The third kappa shape index (κ3) is 7.76. The summed E-state index contributed by atoms with van der Waals surface area (Å²) < 4.78 is 15.2. The van der Waals surface area contributed by atoms with Gasteiger partial charge in [0, 0.05) is 56.3 Å². The van der Waals surface area contributed by atoms with E-state index in [1.807, 2.05) is 56.9 Å². The molecule has 0 unspecified atom stereocenters. The van der Waals surface area contributed by atoms with Crippen molar-refractivity contribution in [2.24, 2.45) is 5.92 Å². The number of aryl methyl sites for hydroxylation is 2. The van der Waals surface area contributed by atoms with Crippen molar-refractivity contribution in [2.75, 3.05) is 13.1 Å². The van der Waals surface area contributed by atoms with Crippen molar-refractivity contribution in [3.63, 3.8) is 0 Å². The molecular weight excluding hydrogens is 519 g/mol. The van der Waals surface area contributed by atoms with Crippen molar-refractivity contribution in [1.29, 1.82) is 0 Å². The van der Waals surface area contributed by atoms with Gasteiger partial charge in [-0.05, 0) is 73.4 Å². The molecular formula is C33H41FN4O3. The Bertz CT molecular complexity index is 1430. The maximum Gasteiger partial charge on any atom is 0.251 e. The van der Waals surface area contributed by atoms with Gasteiger partial charge in [-0.2, -0.15) is 0 Å². The van der Waals surface area contributed by atoms with E-state index in [-0.39, 0.29) is 29.6 Å². The maximum absolute atomic E-state index is 13.9. The lowest BCUT2D eigenvalue weighted by atomic mass is 9.94. The molecule has 0 radical (unpaired) electrons. The quantitative estimate of drug-likeness (QED) is 0.335. The minimum Gasteiger partial charge on any atom is -0.347 e. The summed E-state index contributed by atoms with van der Waals surface area (Å²) >= 11 is 0. The molecule has 1 aliphatic heterocycles. The van der Waals surface area contributed by atoms with E-state index >= 15 is 0 Å². The fraction of sp³-hybridized carbons (Fsp3) is 0.455. The minimum atomic E-state index is -0.832. The summed E-state index contributed by atoms with van der Waals surface area (Å²) in [7, 11) is 0. The Morgan fingerprint density at radius 1 is 1.12 bits per heavy atom. The number of carbonyl (C=O) groups excluding carboxylic acids is 2. The van der Waals surface area contributed by atoms with Crippen LogP contribution in [0.15, 0.2) is 59.8 Å². The first kappa shape index (κ1) is 30.3. The Balaban J connectivity index is 1.64. The normalized spacial score (nSPS) is 17.0. The molecule has 2 aromatic heterocycles. The topological polar surface area (TPSA) is 84.3 Å². The van der Waals surface area contributed by atoms with Gasteiger partial charge >= 0.3 is 0 Å². The van der Waals surface area contributed by atoms with Gasteiger partial charge in [0.15, 0.2) is 0 Å². The molecule has 0 saturated carbocycles. The predicted octanol–water partition coefficient (Wildman–Crippen LogP) is 5.49. The van der Waals surface area contributed by atoms with E-state index < -0.39 is 18.3 Å². The van der Waals surface area contributed by atoms with Gasteiger partial charge in [-0.3, -0.25) is 24.3 Å². The van der Waals surface area contributed by atoms with Crippen molar-refractivity contribution < 1.29 is 14.0 Å². The molecule has 1 aromatic carbocycles. The van der Waals surface area contributed by atoms with Crippen LogP contribution >= 0.6 is 0 Å². The zero-order chi connectivity index (χ0) is 29.7. The number of amides is 1. The van der Waals surface area contributed by atoms with Gasteiger partial charge < -0.3 is 9.88 Å². The number of rotatable bonds is 11. The molecule has 41 heavy (non-hydrogen) atoms. The number of hydrogen-bond donors (Lipinski definition) is 1. The molecule has 0 bridgehead atoms. The van der Waals surface area contributed by atoms with E-state index in [9.17, 15) is 18.8 Å². The number of Topliss-reactive ketones (excluding diaryl/α,β-unsaturated/α-hetero) is 1. The van der Waals surface area contributed by atoms with Gasteiger partial charge in [-0.1, -0.05) is 38.1 Å². The monoisotopic (exact) mass is 560 g/mol. The lowest BCUT2D eigenvalue weighted by molar-refractivity contribution is -0.126. The van der Waals surface area contributed by atoms with Crippen LogP contribution in [-0.4, -0.2) is 45.4 Å². The molecule has 0 spiro atoms. The zero-order valence-electron chi connectivity index (χ0n) is 24.7. The van der Waals surface area contributed by atoms with Gasteiger partial charge in [0.25, 0.3) is 5.56 Å². The largest absolute Gasteiger partial charge is 0.347 e. The molecule has 1 saturated heterocycles. The predicted molar refractivity (Wildman–Crippen MR) is 159 cm³/mol. The van der Waals surface area contributed by atoms with Crippen molar-refractivity contribution in [3.8, 4) is 11.1 Å². The van der Waals surface area contributed by atoms with Crippen molar-refractivity contribution in [1.82, 2.24) is 19.8 Å². The zero-order valence-corrected chi connectivity index (χ0v) is 24.7. The second kappa shape index (κ2) is 13.3. The van der Waals surface area contributed by atoms with Crippen LogP contribution in [0.5, 0.6) is 0 Å². The molecule has 4 rings (SSSR count). The van der Waals surface area contributed by atoms with E-state index in [0.717, 1.165) is 33.4 Å². The Labute approximate surface area is 241 Å². The van der Waals surface area contributed by atoms with Crippen molar-refractivity contribution >= 4 is 11.7 Å². The summed E-state index contributed by atoms with van der Waals surface area (Å²) in [6.07, 6.45) is 5.43.